The largest absolute Gasteiger partial charge is 0.506 e. The average molecular weight is 319 g/mol. The van der Waals surface area contributed by atoms with Crippen LogP contribution in [0.15, 0.2) is 52.2 Å². The number of hydrogen-bond acceptors (Lipinski definition) is 5. The van der Waals surface area contributed by atoms with Crippen LogP contribution in [0.1, 0.15) is 27.0 Å². The lowest BCUT2D eigenvalue weighted by Crippen LogP contribution is -2.17. The second kappa shape index (κ2) is 6.26. The molecule has 3 aromatic rings. The van der Waals surface area contributed by atoms with E-state index in [4.69, 9.17) is 9.68 Å². The van der Waals surface area contributed by atoms with Gasteiger partial charge >= 0.3 is 0 Å². The van der Waals surface area contributed by atoms with Gasteiger partial charge in [-0.05, 0) is 42.3 Å². The van der Waals surface area contributed by atoms with Crippen molar-refractivity contribution in [3.63, 3.8) is 0 Å². The molecule has 3 rings (SSSR count). The Morgan fingerprint density at radius 1 is 1.29 bits per heavy atom. The Bertz CT molecular complexity index is 979. The summed E-state index contributed by atoms with van der Waals surface area (Å²) in [6.07, 6.45) is 2.98. The molecule has 118 valence electrons. The zero-order chi connectivity index (χ0) is 17.1. The molecule has 0 radical (unpaired) electrons. The Kier molecular flexibility index (Phi) is 4.00. The first-order valence-corrected chi connectivity index (χ1v) is 7.13. The fourth-order valence-corrected chi connectivity index (χ4v) is 2.32. The number of benzene rings is 2. The molecular formula is C18H13N3O3. The van der Waals surface area contributed by atoms with Crippen LogP contribution in [0.4, 0.5) is 0 Å². The van der Waals surface area contributed by atoms with E-state index in [1.165, 1.54) is 18.5 Å². The number of nitriles is 1. The normalized spacial score (nSPS) is 10.8. The topological polar surface area (TPSA) is 98.6 Å². The summed E-state index contributed by atoms with van der Waals surface area (Å²) in [5.41, 5.74) is 5.03. The van der Waals surface area contributed by atoms with Crippen molar-refractivity contribution in [2.24, 2.45) is 5.10 Å². The maximum atomic E-state index is 12.2. The van der Waals surface area contributed by atoms with E-state index in [2.05, 4.69) is 10.5 Å². The number of hydrazone groups is 1. The van der Waals surface area contributed by atoms with Crippen molar-refractivity contribution in [2.75, 3.05) is 0 Å². The van der Waals surface area contributed by atoms with Gasteiger partial charge in [-0.1, -0.05) is 12.1 Å². The van der Waals surface area contributed by atoms with Gasteiger partial charge in [0.1, 0.15) is 11.3 Å². The van der Waals surface area contributed by atoms with Crippen LogP contribution in [0.3, 0.4) is 0 Å². The zero-order valence-electron chi connectivity index (χ0n) is 12.8. The van der Waals surface area contributed by atoms with Crippen molar-refractivity contribution < 1.29 is 14.3 Å². The van der Waals surface area contributed by atoms with Crippen LogP contribution in [0.25, 0.3) is 11.0 Å². The van der Waals surface area contributed by atoms with Gasteiger partial charge in [-0.25, -0.2) is 5.43 Å². The van der Waals surface area contributed by atoms with E-state index in [0.717, 1.165) is 11.1 Å². The number of fused-ring (bicyclic) bond motifs is 1. The molecule has 2 N–H and O–H groups in total. The van der Waals surface area contributed by atoms with E-state index >= 15 is 0 Å². The maximum absolute atomic E-state index is 12.2. The quantitative estimate of drug-likeness (QED) is 0.572. The summed E-state index contributed by atoms with van der Waals surface area (Å²) in [4.78, 5) is 12.2. The molecule has 0 spiro atoms. The molecule has 0 aliphatic carbocycles. The Balaban J connectivity index is 1.77. The van der Waals surface area contributed by atoms with E-state index in [1.807, 2.05) is 6.07 Å². The highest BCUT2D eigenvalue weighted by molar-refractivity contribution is 6.03. The molecule has 6 nitrogen and oxygen atoms in total. The van der Waals surface area contributed by atoms with Crippen molar-refractivity contribution in [1.29, 1.82) is 5.26 Å². The fourth-order valence-electron chi connectivity index (χ4n) is 2.32. The third-order valence-corrected chi connectivity index (χ3v) is 3.56. The highest BCUT2D eigenvalue weighted by Gasteiger charge is 2.16. The molecule has 1 aromatic heterocycles. The zero-order valence-corrected chi connectivity index (χ0v) is 12.8. The monoisotopic (exact) mass is 319 g/mol. The standard InChI is InChI=1S/C18H13N3O3/c1-11-10-24-15-7-6-14(17(22)16(11)15)18(23)21-20-9-13-4-2-12(8-19)3-5-13/h2-7,9-10,22H,1H3,(H,21,23). The van der Waals surface area contributed by atoms with Gasteiger partial charge in [0, 0.05) is 0 Å². The number of aromatic hydroxyl groups is 1. The lowest BCUT2D eigenvalue weighted by atomic mass is 10.1. The Hall–Kier alpha value is -3.59. The van der Waals surface area contributed by atoms with Gasteiger partial charge in [0.15, 0.2) is 0 Å². The molecule has 0 saturated heterocycles. The van der Waals surface area contributed by atoms with Crippen molar-refractivity contribution in [2.45, 2.75) is 6.92 Å². The highest BCUT2D eigenvalue weighted by atomic mass is 16.3. The molecule has 0 fully saturated rings. The number of amides is 1. The van der Waals surface area contributed by atoms with Crippen LogP contribution in [-0.2, 0) is 0 Å². The van der Waals surface area contributed by atoms with E-state index < -0.39 is 5.91 Å². The molecule has 0 aliphatic rings. The van der Waals surface area contributed by atoms with Crippen LogP contribution in [0, 0.1) is 18.3 Å². The molecule has 6 heteroatoms. The molecule has 1 amide bonds. The first kappa shape index (κ1) is 15.3. The molecular weight excluding hydrogens is 306 g/mol. The van der Waals surface area contributed by atoms with Crippen molar-refractivity contribution in [3.05, 3.63) is 64.9 Å². The number of aryl methyl sites for hydroxylation is 1. The van der Waals surface area contributed by atoms with Gasteiger partial charge in [-0.15, -0.1) is 0 Å². The fraction of sp³-hybridized carbons (Fsp3) is 0.0556. The van der Waals surface area contributed by atoms with Crippen molar-refractivity contribution in [3.8, 4) is 11.8 Å². The number of hydrogen-bond donors (Lipinski definition) is 2. The summed E-state index contributed by atoms with van der Waals surface area (Å²) in [5, 5.41) is 23.4. The molecule has 0 saturated carbocycles. The minimum Gasteiger partial charge on any atom is -0.506 e. The molecule has 24 heavy (non-hydrogen) atoms. The van der Waals surface area contributed by atoms with E-state index in [1.54, 1.807) is 37.3 Å². The van der Waals surface area contributed by atoms with Crippen LogP contribution >= 0.6 is 0 Å². The first-order chi connectivity index (χ1) is 11.6. The number of furan rings is 1. The summed E-state index contributed by atoms with van der Waals surface area (Å²) >= 11 is 0. The van der Waals surface area contributed by atoms with Crippen LogP contribution in [0.2, 0.25) is 0 Å². The van der Waals surface area contributed by atoms with Gasteiger partial charge in [0.25, 0.3) is 5.91 Å². The predicted molar refractivity (Wildman–Crippen MR) is 88.8 cm³/mol. The number of phenols is 1. The van der Waals surface area contributed by atoms with Crippen LogP contribution in [-0.4, -0.2) is 17.2 Å². The van der Waals surface area contributed by atoms with Gasteiger partial charge in [-0.3, -0.25) is 4.79 Å². The number of rotatable bonds is 3. The second-order valence-corrected chi connectivity index (χ2v) is 5.19. The molecule has 0 aliphatic heterocycles. The number of phenolic OH excluding ortho intramolecular Hbond substituents is 1. The predicted octanol–water partition coefficient (Wildman–Crippen LogP) is 3.08. The van der Waals surface area contributed by atoms with Crippen LogP contribution < -0.4 is 5.43 Å². The van der Waals surface area contributed by atoms with Gasteiger partial charge < -0.3 is 9.52 Å². The van der Waals surface area contributed by atoms with E-state index in [9.17, 15) is 9.90 Å². The first-order valence-electron chi connectivity index (χ1n) is 7.13. The molecule has 0 bridgehead atoms. The molecule has 0 unspecified atom stereocenters. The lowest BCUT2D eigenvalue weighted by molar-refractivity contribution is 0.0952. The van der Waals surface area contributed by atoms with Gasteiger partial charge in [-0.2, -0.15) is 10.4 Å². The van der Waals surface area contributed by atoms with E-state index in [0.29, 0.717) is 16.5 Å². The number of carbonyl (C=O) groups is 1. The SMILES string of the molecule is Cc1coc2ccc(C(=O)NN=Cc3ccc(C#N)cc3)c(O)c12. The molecule has 2 aromatic carbocycles. The molecule has 0 atom stereocenters. The van der Waals surface area contributed by atoms with Crippen molar-refractivity contribution in [1.82, 2.24) is 5.43 Å². The summed E-state index contributed by atoms with van der Waals surface area (Å²) in [6.45, 7) is 1.79. The average Bonchev–Trinajstić information content (AvgIpc) is 2.97. The summed E-state index contributed by atoms with van der Waals surface area (Å²) in [7, 11) is 0. The Morgan fingerprint density at radius 2 is 2.04 bits per heavy atom. The molecule has 1 heterocycles. The summed E-state index contributed by atoms with van der Waals surface area (Å²) in [5.74, 6) is -0.662. The van der Waals surface area contributed by atoms with Crippen LogP contribution in [0.5, 0.6) is 5.75 Å². The number of carbonyl (C=O) groups excluding carboxylic acids is 1. The lowest BCUT2D eigenvalue weighted by Gasteiger charge is -2.04. The minimum absolute atomic E-state index is 0.115. The van der Waals surface area contributed by atoms with Crippen molar-refractivity contribution >= 4 is 23.1 Å². The Labute approximate surface area is 137 Å². The smallest absolute Gasteiger partial charge is 0.275 e. The van der Waals surface area contributed by atoms with E-state index in [-0.39, 0.29) is 11.3 Å². The summed E-state index contributed by atoms with van der Waals surface area (Å²) < 4.78 is 5.28. The maximum Gasteiger partial charge on any atom is 0.275 e. The number of nitrogens with zero attached hydrogens (tertiary/aromatic N) is 2. The third kappa shape index (κ3) is 2.83. The highest BCUT2D eigenvalue weighted by Crippen LogP contribution is 2.32. The number of nitrogens with one attached hydrogen (secondary N) is 1. The Morgan fingerprint density at radius 3 is 2.75 bits per heavy atom. The minimum atomic E-state index is -0.528. The third-order valence-electron chi connectivity index (χ3n) is 3.56. The van der Waals surface area contributed by atoms with Gasteiger partial charge in [0.05, 0.1) is 35.1 Å². The second-order valence-electron chi connectivity index (χ2n) is 5.19. The van der Waals surface area contributed by atoms with Gasteiger partial charge in [0.2, 0.25) is 0 Å². The summed E-state index contributed by atoms with van der Waals surface area (Å²) in [6, 6.07) is 11.9.